The molecule has 1 aliphatic heterocycles. The zero-order valence-corrected chi connectivity index (χ0v) is 22.7. The number of esters is 1. The first-order valence-corrected chi connectivity index (χ1v) is 13.7. The van der Waals surface area contributed by atoms with Crippen LogP contribution >= 0.6 is 0 Å². The number of rotatable bonds is 3. The van der Waals surface area contributed by atoms with Crippen LogP contribution in [0.2, 0.25) is 0 Å². The van der Waals surface area contributed by atoms with Gasteiger partial charge >= 0.3 is 5.97 Å². The standard InChI is InChI=1S/C31H36N4O5/c1-21-30(38)35-27(18-23-20-32-25-15-10-9-14-24(23)25)31(39)34-26(22-12-6-5-7-13-22)19-29(37)40-17-11-4-2-3-8-16-28(36)33-21/h2-3,5-7,9-10,12-15,20-21,26-27,32H,4,8,11,16-19H2,1H3,(H,33,36)(H,34,39)(H,35,38)/b3-2+/t21-,26+,27+/m0/s1. The molecule has 0 unspecified atom stereocenters. The Balaban J connectivity index is 1.61. The van der Waals surface area contributed by atoms with Crippen LogP contribution in [0.1, 0.15) is 56.2 Å². The summed E-state index contributed by atoms with van der Waals surface area (Å²) in [6.45, 7) is 1.85. The molecule has 2 heterocycles. The van der Waals surface area contributed by atoms with Gasteiger partial charge in [-0.25, -0.2) is 0 Å². The van der Waals surface area contributed by atoms with Crippen molar-refractivity contribution in [2.24, 2.45) is 0 Å². The normalized spacial score (nSPS) is 23.1. The number of cyclic esters (lactones) is 1. The predicted molar refractivity (Wildman–Crippen MR) is 152 cm³/mol. The number of hydrogen-bond donors (Lipinski definition) is 4. The number of hydrogen-bond acceptors (Lipinski definition) is 5. The van der Waals surface area contributed by atoms with Crippen molar-refractivity contribution in [3.05, 3.63) is 84.1 Å². The van der Waals surface area contributed by atoms with E-state index < -0.39 is 35.9 Å². The Morgan fingerprint density at radius 1 is 0.850 bits per heavy atom. The van der Waals surface area contributed by atoms with Crippen LogP contribution in [0.4, 0.5) is 0 Å². The molecule has 1 aliphatic rings. The first-order chi connectivity index (χ1) is 19.4. The molecule has 4 N–H and O–H groups in total. The van der Waals surface area contributed by atoms with Gasteiger partial charge in [0.2, 0.25) is 17.7 Å². The van der Waals surface area contributed by atoms with Crippen molar-refractivity contribution in [3.63, 3.8) is 0 Å². The number of allylic oxidation sites excluding steroid dienone is 2. The number of fused-ring (bicyclic) bond motifs is 1. The summed E-state index contributed by atoms with van der Waals surface area (Å²) >= 11 is 0. The van der Waals surface area contributed by atoms with Crippen LogP contribution in [0, 0.1) is 0 Å². The average molecular weight is 545 g/mol. The lowest BCUT2D eigenvalue weighted by Crippen LogP contribution is -2.54. The van der Waals surface area contributed by atoms with Gasteiger partial charge in [0.25, 0.3) is 0 Å². The molecule has 0 fully saturated rings. The third-order valence-electron chi connectivity index (χ3n) is 6.87. The van der Waals surface area contributed by atoms with Crippen molar-refractivity contribution in [1.82, 2.24) is 20.9 Å². The van der Waals surface area contributed by atoms with Crippen molar-refractivity contribution in [3.8, 4) is 0 Å². The lowest BCUT2D eigenvalue weighted by molar-refractivity contribution is -0.144. The van der Waals surface area contributed by atoms with Gasteiger partial charge in [-0.2, -0.15) is 0 Å². The van der Waals surface area contributed by atoms with Gasteiger partial charge < -0.3 is 25.7 Å². The third kappa shape index (κ3) is 8.05. The molecule has 2 aromatic carbocycles. The second-order valence-electron chi connectivity index (χ2n) is 9.96. The number of carbonyl (C=O) groups excluding carboxylic acids is 4. The molecule has 1 aromatic heterocycles. The summed E-state index contributed by atoms with van der Waals surface area (Å²) in [5, 5.41) is 9.46. The summed E-state index contributed by atoms with van der Waals surface area (Å²) in [4.78, 5) is 55.2. The van der Waals surface area contributed by atoms with Gasteiger partial charge in [0.15, 0.2) is 0 Å². The molecule has 0 spiro atoms. The Bertz CT molecular complexity index is 1350. The molecule has 9 heteroatoms. The number of benzene rings is 2. The van der Waals surface area contributed by atoms with Crippen LogP contribution in [-0.2, 0) is 30.3 Å². The van der Waals surface area contributed by atoms with Crippen molar-refractivity contribution >= 4 is 34.6 Å². The highest BCUT2D eigenvalue weighted by Gasteiger charge is 2.28. The second kappa shape index (κ2) is 14.1. The summed E-state index contributed by atoms with van der Waals surface area (Å²) in [6.07, 6.45) is 7.97. The number of H-pyrrole nitrogens is 1. The number of carbonyl (C=O) groups is 4. The highest BCUT2D eigenvalue weighted by atomic mass is 16.5. The van der Waals surface area contributed by atoms with Crippen molar-refractivity contribution < 1.29 is 23.9 Å². The van der Waals surface area contributed by atoms with Crippen LogP contribution in [-0.4, -0.2) is 47.4 Å². The molecule has 210 valence electrons. The first-order valence-electron chi connectivity index (χ1n) is 13.7. The number of nitrogens with one attached hydrogen (secondary N) is 4. The number of ether oxygens (including phenoxy) is 1. The van der Waals surface area contributed by atoms with Gasteiger partial charge in [-0.3, -0.25) is 19.2 Å². The molecule has 0 saturated carbocycles. The number of aromatic nitrogens is 1. The second-order valence-corrected chi connectivity index (χ2v) is 9.96. The van der Waals surface area contributed by atoms with Gasteiger partial charge in [0.1, 0.15) is 12.1 Å². The zero-order chi connectivity index (χ0) is 28.3. The largest absolute Gasteiger partial charge is 0.466 e. The lowest BCUT2D eigenvalue weighted by atomic mass is 10.0. The van der Waals surface area contributed by atoms with Gasteiger partial charge in [-0.15, -0.1) is 0 Å². The van der Waals surface area contributed by atoms with E-state index >= 15 is 0 Å². The maximum atomic E-state index is 13.7. The molecule has 40 heavy (non-hydrogen) atoms. The van der Waals surface area contributed by atoms with Crippen LogP contribution < -0.4 is 16.0 Å². The van der Waals surface area contributed by atoms with E-state index in [-0.39, 0.29) is 31.8 Å². The molecule has 3 amide bonds. The molecule has 9 nitrogen and oxygen atoms in total. The van der Waals surface area contributed by atoms with Crippen LogP contribution in [0.3, 0.4) is 0 Å². The summed E-state index contributed by atoms with van der Waals surface area (Å²) in [6, 6.07) is 14.5. The summed E-state index contributed by atoms with van der Waals surface area (Å²) in [5.41, 5.74) is 2.52. The highest BCUT2D eigenvalue weighted by molar-refractivity contribution is 5.93. The minimum Gasteiger partial charge on any atom is -0.466 e. The van der Waals surface area contributed by atoms with E-state index in [1.54, 1.807) is 6.92 Å². The molecule has 4 rings (SSSR count). The Labute approximate surface area is 233 Å². The smallest absolute Gasteiger partial charge is 0.308 e. The third-order valence-corrected chi connectivity index (χ3v) is 6.87. The van der Waals surface area contributed by atoms with Gasteiger partial charge in [-0.1, -0.05) is 60.7 Å². The van der Waals surface area contributed by atoms with Crippen molar-refractivity contribution in [2.75, 3.05) is 6.61 Å². The molecular weight excluding hydrogens is 508 g/mol. The van der Waals surface area contributed by atoms with Crippen molar-refractivity contribution in [2.45, 2.75) is 63.6 Å². The maximum Gasteiger partial charge on any atom is 0.308 e. The molecule has 0 saturated heterocycles. The van der Waals surface area contributed by atoms with E-state index in [9.17, 15) is 19.2 Å². The minimum atomic E-state index is -0.960. The molecule has 0 radical (unpaired) electrons. The van der Waals surface area contributed by atoms with Gasteiger partial charge in [0.05, 0.1) is 19.1 Å². The fraction of sp³-hybridized carbons (Fsp3) is 0.355. The zero-order valence-electron chi connectivity index (χ0n) is 22.7. The first kappa shape index (κ1) is 28.6. The summed E-state index contributed by atoms with van der Waals surface area (Å²) in [7, 11) is 0. The summed E-state index contributed by atoms with van der Waals surface area (Å²) in [5.74, 6) is -1.59. The average Bonchev–Trinajstić information content (AvgIpc) is 3.36. The number of amides is 3. The Hall–Kier alpha value is -4.40. The topological polar surface area (TPSA) is 129 Å². The number of para-hydroxylation sites is 1. The van der Waals surface area contributed by atoms with Gasteiger partial charge in [-0.05, 0) is 43.4 Å². The number of aromatic amines is 1. The molecule has 3 aromatic rings. The van der Waals surface area contributed by atoms with E-state index in [0.717, 1.165) is 22.0 Å². The minimum absolute atomic E-state index is 0.0498. The predicted octanol–water partition coefficient (Wildman–Crippen LogP) is 3.62. The SMILES string of the molecule is C[C@@H]1NC(=O)CC/C=C/CCCOC(=O)C[C@H](c2ccccc2)NC(=O)[C@@H](Cc2c[nH]c3ccccc23)NC1=O. The molecule has 0 aliphatic carbocycles. The van der Waals surface area contributed by atoms with E-state index in [2.05, 4.69) is 20.9 Å². The van der Waals surface area contributed by atoms with E-state index in [4.69, 9.17) is 4.74 Å². The van der Waals surface area contributed by atoms with E-state index in [0.29, 0.717) is 19.3 Å². The fourth-order valence-corrected chi connectivity index (χ4v) is 4.68. The van der Waals surface area contributed by atoms with E-state index in [1.165, 1.54) is 0 Å². The monoisotopic (exact) mass is 544 g/mol. The van der Waals surface area contributed by atoms with Crippen LogP contribution in [0.15, 0.2) is 72.9 Å². The van der Waals surface area contributed by atoms with Crippen LogP contribution in [0.5, 0.6) is 0 Å². The van der Waals surface area contributed by atoms with Gasteiger partial charge in [0, 0.05) is 29.9 Å². The lowest BCUT2D eigenvalue weighted by Gasteiger charge is -2.25. The molecule has 3 atom stereocenters. The summed E-state index contributed by atoms with van der Waals surface area (Å²) < 4.78 is 5.44. The van der Waals surface area contributed by atoms with E-state index in [1.807, 2.05) is 72.9 Å². The Morgan fingerprint density at radius 2 is 1.60 bits per heavy atom. The Kier molecular flexibility index (Phi) is 10.1. The van der Waals surface area contributed by atoms with Crippen molar-refractivity contribution in [1.29, 1.82) is 0 Å². The fourth-order valence-electron chi connectivity index (χ4n) is 4.68. The Morgan fingerprint density at radius 3 is 2.42 bits per heavy atom. The van der Waals surface area contributed by atoms with Crippen LogP contribution in [0.25, 0.3) is 10.9 Å². The molecule has 0 bridgehead atoms. The maximum absolute atomic E-state index is 13.7. The molecular formula is C31H36N4O5. The highest BCUT2D eigenvalue weighted by Crippen LogP contribution is 2.21. The quantitative estimate of drug-likeness (QED) is 0.296.